The fraction of sp³-hybridized carbons (Fsp3) is 0.368. The van der Waals surface area contributed by atoms with Crippen LogP contribution < -0.4 is 0 Å². The summed E-state index contributed by atoms with van der Waals surface area (Å²) in [5.41, 5.74) is 2.80. The Morgan fingerprint density at radius 3 is 2.96 bits per heavy atom. The molecule has 1 fully saturated rings. The molecule has 6 heteroatoms. The van der Waals surface area contributed by atoms with Crippen LogP contribution in [0, 0.1) is 12.7 Å². The normalized spacial score (nSPS) is 18.6. The Labute approximate surface area is 146 Å². The van der Waals surface area contributed by atoms with Crippen molar-refractivity contribution in [2.45, 2.75) is 38.8 Å². The minimum absolute atomic E-state index is 0.208. The first kappa shape index (κ1) is 16.0. The van der Waals surface area contributed by atoms with Crippen LogP contribution in [0.15, 0.2) is 47.2 Å². The molecule has 130 valence electrons. The lowest BCUT2D eigenvalue weighted by molar-refractivity contribution is 0.133. The van der Waals surface area contributed by atoms with E-state index in [1.165, 1.54) is 12.5 Å². The van der Waals surface area contributed by atoms with Gasteiger partial charge in [0.05, 0.1) is 11.7 Å². The Morgan fingerprint density at radius 2 is 2.20 bits per heavy atom. The van der Waals surface area contributed by atoms with Gasteiger partial charge < -0.3 is 4.52 Å². The summed E-state index contributed by atoms with van der Waals surface area (Å²) in [5.74, 6) is 0.597. The van der Waals surface area contributed by atoms with Crippen LogP contribution in [-0.2, 0) is 6.54 Å². The smallest absolute Gasteiger partial charge is 0.133 e. The van der Waals surface area contributed by atoms with Gasteiger partial charge >= 0.3 is 0 Å². The molecule has 2 aromatic heterocycles. The van der Waals surface area contributed by atoms with Gasteiger partial charge in [0.1, 0.15) is 17.3 Å². The molecule has 3 aromatic rings. The Bertz CT molecular complexity index is 843. The minimum Gasteiger partial charge on any atom is -0.361 e. The zero-order valence-corrected chi connectivity index (χ0v) is 14.2. The number of nitrogens with zero attached hydrogens (tertiary/aromatic N) is 4. The molecule has 0 unspecified atom stereocenters. The fourth-order valence-corrected chi connectivity index (χ4v) is 3.59. The maximum atomic E-state index is 13.9. The van der Waals surface area contributed by atoms with Crippen molar-refractivity contribution in [1.29, 1.82) is 0 Å². The van der Waals surface area contributed by atoms with Gasteiger partial charge in [-0.2, -0.15) is 5.10 Å². The largest absolute Gasteiger partial charge is 0.361 e. The Morgan fingerprint density at radius 1 is 1.28 bits per heavy atom. The summed E-state index contributed by atoms with van der Waals surface area (Å²) in [6.07, 6.45) is 6.96. The summed E-state index contributed by atoms with van der Waals surface area (Å²) in [4.78, 5) is 2.36. The number of likely N-dealkylation sites (tertiary alicyclic amines) is 1. The third-order valence-corrected chi connectivity index (χ3v) is 4.77. The highest BCUT2D eigenvalue weighted by molar-refractivity contribution is 5.40. The van der Waals surface area contributed by atoms with Crippen molar-refractivity contribution in [2.24, 2.45) is 0 Å². The molecule has 1 aromatic carbocycles. The van der Waals surface area contributed by atoms with Crippen LogP contribution in [0.4, 0.5) is 4.39 Å². The van der Waals surface area contributed by atoms with Crippen LogP contribution in [0.25, 0.3) is 5.69 Å². The van der Waals surface area contributed by atoms with Crippen LogP contribution >= 0.6 is 0 Å². The zero-order chi connectivity index (χ0) is 17.2. The van der Waals surface area contributed by atoms with Crippen LogP contribution in [0.1, 0.15) is 42.3 Å². The molecule has 0 bridgehead atoms. The van der Waals surface area contributed by atoms with Crippen molar-refractivity contribution in [3.8, 4) is 5.69 Å². The number of aryl methyl sites for hydroxylation is 1. The number of aromatic nitrogens is 3. The van der Waals surface area contributed by atoms with Crippen LogP contribution in [0.5, 0.6) is 0 Å². The van der Waals surface area contributed by atoms with Gasteiger partial charge in [-0.15, -0.1) is 0 Å². The molecular formula is C19H21FN4O. The van der Waals surface area contributed by atoms with Crippen LogP contribution in [0.2, 0.25) is 0 Å². The third-order valence-electron chi connectivity index (χ3n) is 4.77. The molecule has 4 rings (SSSR count). The van der Waals surface area contributed by atoms with Gasteiger partial charge in [-0.1, -0.05) is 11.6 Å². The second-order valence-electron chi connectivity index (χ2n) is 6.57. The molecule has 1 atom stereocenters. The number of hydrogen-bond donors (Lipinski definition) is 0. The van der Waals surface area contributed by atoms with Gasteiger partial charge in [-0.25, -0.2) is 9.07 Å². The van der Waals surface area contributed by atoms with E-state index in [-0.39, 0.29) is 11.9 Å². The fourth-order valence-electron chi connectivity index (χ4n) is 3.59. The van der Waals surface area contributed by atoms with Crippen molar-refractivity contribution in [3.05, 3.63) is 65.6 Å². The van der Waals surface area contributed by atoms with Crippen molar-refractivity contribution < 1.29 is 8.91 Å². The Hall–Kier alpha value is -2.47. The molecule has 1 aliphatic heterocycles. The first-order valence-corrected chi connectivity index (χ1v) is 8.66. The average molecular weight is 340 g/mol. The number of hydrogen-bond acceptors (Lipinski definition) is 4. The first-order chi connectivity index (χ1) is 12.2. The SMILES string of the molecule is Cc1cc([C@@H]2CCCCN2Cc2cc(F)ccc2-n2cccn2)no1. The molecule has 5 nitrogen and oxygen atoms in total. The maximum absolute atomic E-state index is 13.9. The summed E-state index contributed by atoms with van der Waals surface area (Å²) in [5, 5.41) is 8.51. The Balaban J connectivity index is 1.65. The predicted octanol–water partition coefficient (Wildman–Crippen LogP) is 4.04. The molecule has 3 heterocycles. The zero-order valence-electron chi connectivity index (χ0n) is 14.2. The van der Waals surface area contributed by atoms with Crippen LogP contribution in [0.3, 0.4) is 0 Å². The standard InChI is InChI=1S/C19H21FN4O/c1-14-11-17(22-25-14)19-5-2-3-9-23(19)13-15-12-16(20)6-7-18(15)24-10-4-8-21-24/h4,6-8,10-12,19H,2-3,5,9,13H2,1H3/t19-/m0/s1. The molecule has 0 saturated carbocycles. The van der Waals surface area contributed by atoms with E-state index in [1.54, 1.807) is 23.0 Å². The number of halogens is 1. The van der Waals surface area contributed by atoms with Gasteiger partial charge in [-0.3, -0.25) is 4.90 Å². The molecule has 1 aliphatic rings. The summed E-state index contributed by atoms with van der Waals surface area (Å²) >= 11 is 0. The highest BCUT2D eigenvalue weighted by atomic mass is 19.1. The lowest BCUT2D eigenvalue weighted by Gasteiger charge is -2.34. The van der Waals surface area contributed by atoms with Gasteiger partial charge in [0.15, 0.2) is 0 Å². The van der Waals surface area contributed by atoms with E-state index < -0.39 is 0 Å². The molecule has 0 radical (unpaired) electrons. The highest BCUT2D eigenvalue weighted by Crippen LogP contribution is 2.32. The van der Waals surface area contributed by atoms with Gasteiger partial charge in [0, 0.05) is 25.0 Å². The van der Waals surface area contributed by atoms with E-state index in [0.717, 1.165) is 42.1 Å². The molecule has 0 amide bonds. The average Bonchev–Trinajstić information content (AvgIpc) is 3.27. The highest BCUT2D eigenvalue weighted by Gasteiger charge is 2.27. The number of piperidine rings is 1. The van der Waals surface area contributed by atoms with Crippen molar-refractivity contribution >= 4 is 0 Å². The van der Waals surface area contributed by atoms with E-state index in [0.29, 0.717) is 6.54 Å². The van der Waals surface area contributed by atoms with E-state index in [2.05, 4.69) is 15.2 Å². The van der Waals surface area contributed by atoms with Crippen molar-refractivity contribution in [1.82, 2.24) is 19.8 Å². The topological polar surface area (TPSA) is 47.1 Å². The van der Waals surface area contributed by atoms with E-state index in [1.807, 2.05) is 25.3 Å². The minimum atomic E-state index is -0.225. The van der Waals surface area contributed by atoms with E-state index in [4.69, 9.17) is 4.52 Å². The third kappa shape index (κ3) is 3.35. The quantitative estimate of drug-likeness (QED) is 0.719. The summed E-state index contributed by atoms with van der Waals surface area (Å²) in [6.45, 7) is 3.53. The van der Waals surface area contributed by atoms with E-state index >= 15 is 0 Å². The molecule has 0 N–H and O–H groups in total. The summed E-state index contributed by atoms with van der Waals surface area (Å²) in [7, 11) is 0. The number of rotatable bonds is 4. The second kappa shape index (κ2) is 6.80. The second-order valence-corrected chi connectivity index (χ2v) is 6.57. The predicted molar refractivity (Wildman–Crippen MR) is 91.8 cm³/mol. The molecule has 0 aliphatic carbocycles. The lowest BCUT2D eigenvalue weighted by Crippen LogP contribution is -2.33. The van der Waals surface area contributed by atoms with Crippen molar-refractivity contribution in [3.63, 3.8) is 0 Å². The van der Waals surface area contributed by atoms with Gasteiger partial charge in [-0.05, 0) is 56.1 Å². The van der Waals surface area contributed by atoms with Gasteiger partial charge in [0.2, 0.25) is 0 Å². The molecule has 1 saturated heterocycles. The molecular weight excluding hydrogens is 319 g/mol. The summed E-state index contributed by atoms with van der Waals surface area (Å²) < 4.78 is 20.9. The first-order valence-electron chi connectivity index (χ1n) is 8.66. The van der Waals surface area contributed by atoms with Gasteiger partial charge in [0.25, 0.3) is 0 Å². The summed E-state index contributed by atoms with van der Waals surface area (Å²) in [6, 6.07) is 8.96. The van der Waals surface area contributed by atoms with Crippen LogP contribution in [-0.4, -0.2) is 26.4 Å². The number of benzene rings is 1. The molecule has 25 heavy (non-hydrogen) atoms. The van der Waals surface area contributed by atoms with Crippen molar-refractivity contribution in [2.75, 3.05) is 6.54 Å². The lowest BCUT2D eigenvalue weighted by atomic mass is 9.98. The van der Waals surface area contributed by atoms with E-state index in [9.17, 15) is 4.39 Å². The molecule has 0 spiro atoms. The Kier molecular flexibility index (Phi) is 4.36. The monoisotopic (exact) mass is 340 g/mol. The maximum Gasteiger partial charge on any atom is 0.133 e.